The third-order valence-electron chi connectivity index (χ3n) is 3.81. The first-order chi connectivity index (χ1) is 12.7. The zero-order valence-corrected chi connectivity index (χ0v) is 16.3. The Labute approximate surface area is 163 Å². The summed E-state index contributed by atoms with van der Waals surface area (Å²) in [4.78, 5) is 7.79. The van der Waals surface area contributed by atoms with E-state index in [-0.39, 0.29) is 5.25 Å². The van der Waals surface area contributed by atoms with Gasteiger partial charge in [0.05, 0.1) is 17.1 Å². The molecule has 4 aromatic rings. The Balaban J connectivity index is 1.48. The first kappa shape index (κ1) is 17.1. The molecule has 1 N–H and O–H groups in total. The topological polar surface area (TPSA) is 67.6 Å². The van der Waals surface area contributed by atoms with E-state index in [1.165, 1.54) is 0 Å². The fourth-order valence-electron chi connectivity index (χ4n) is 2.45. The number of aromatic nitrogens is 4. The number of nitrogens with zero attached hydrogens (tertiary/aromatic N) is 3. The van der Waals surface area contributed by atoms with Gasteiger partial charge in [-0.15, -0.1) is 10.2 Å². The second kappa shape index (κ2) is 7.47. The molecule has 0 unspecified atom stereocenters. The van der Waals surface area contributed by atoms with Gasteiger partial charge in [-0.25, -0.2) is 4.98 Å². The molecule has 4 rings (SSSR count). The van der Waals surface area contributed by atoms with Gasteiger partial charge >= 0.3 is 0 Å². The van der Waals surface area contributed by atoms with Crippen LogP contribution in [0.3, 0.4) is 0 Å². The maximum Gasteiger partial charge on any atom is 0.247 e. The third-order valence-corrected chi connectivity index (χ3v) is 5.32. The van der Waals surface area contributed by atoms with E-state index in [2.05, 4.69) is 36.1 Å². The Kier molecular flexibility index (Phi) is 4.90. The minimum atomic E-state index is -0.0103. The molecular weight excluding hydrogens is 412 g/mol. The number of H-pyrrole nitrogens is 1. The van der Waals surface area contributed by atoms with Gasteiger partial charge in [0.1, 0.15) is 0 Å². The van der Waals surface area contributed by atoms with E-state index in [1.54, 1.807) is 11.8 Å². The predicted octanol–water partition coefficient (Wildman–Crippen LogP) is 5.74. The standard InChI is InChI=1S/C19H15BrN4OS/c1-12(17-23-24-18(25-17)14-5-3-2-4-6-14)26-19-21-11-16(22-19)13-7-9-15(20)10-8-13/h2-12H,1H3,(H,21,22)/t12-/m1/s1. The highest BCUT2D eigenvalue weighted by molar-refractivity contribution is 9.10. The van der Waals surface area contributed by atoms with E-state index < -0.39 is 0 Å². The van der Waals surface area contributed by atoms with Crippen molar-refractivity contribution >= 4 is 27.7 Å². The lowest BCUT2D eigenvalue weighted by Crippen LogP contribution is -1.89. The summed E-state index contributed by atoms with van der Waals surface area (Å²) in [6.45, 7) is 2.02. The molecule has 130 valence electrons. The van der Waals surface area contributed by atoms with Gasteiger partial charge in [0.25, 0.3) is 0 Å². The van der Waals surface area contributed by atoms with Crippen LogP contribution in [-0.2, 0) is 0 Å². The number of hydrogen-bond acceptors (Lipinski definition) is 5. The molecule has 0 bridgehead atoms. The van der Waals surface area contributed by atoms with Crippen LogP contribution in [0.1, 0.15) is 18.1 Å². The van der Waals surface area contributed by atoms with Crippen LogP contribution >= 0.6 is 27.7 Å². The molecule has 0 aliphatic heterocycles. The van der Waals surface area contributed by atoms with Gasteiger partial charge in [0.2, 0.25) is 11.8 Å². The number of thioether (sulfide) groups is 1. The van der Waals surface area contributed by atoms with E-state index in [0.717, 1.165) is 26.4 Å². The number of aromatic amines is 1. The van der Waals surface area contributed by atoms with Gasteiger partial charge in [0, 0.05) is 10.0 Å². The van der Waals surface area contributed by atoms with Crippen molar-refractivity contribution in [3.8, 4) is 22.7 Å². The Morgan fingerprint density at radius 1 is 1.00 bits per heavy atom. The molecule has 2 heterocycles. The van der Waals surface area contributed by atoms with Crippen molar-refractivity contribution in [2.75, 3.05) is 0 Å². The quantitative estimate of drug-likeness (QED) is 0.411. The minimum Gasteiger partial charge on any atom is -0.419 e. The summed E-state index contributed by atoms with van der Waals surface area (Å²) < 4.78 is 6.87. The lowest BCUT2D eigenvalue weighted by molar-refractivity contribution is 0.509. The van der Waals surface area contributed by atoms with E-state index in [4.69, 9.17) is 4.42 Å². The number of halogens is 1. The Morgan fingerprint density at radius 2 is 1.77 bits per heavy atom. The van der Waals surface area contributed by atoms with E-state index >= 15 is 0 Å². The lowest BCUT2D eigenvalue weighted by atomic mass is 10.2. The Bertz CT molecular complexity index is 998. The molecule has 0 saturated heterocycles. The van der Waals surface area contributed by atoms with Crippen molar-refractivity contribution in [3.63, 3.8) is 0 Å². The first-order valence-corrected chi connectivity index (χ1v) is 9.73. The summed E-state index contributed by atoms with van der Waals surface area (Å²) in [6.07, 6.45) is 1.83. The third kappa shape index (κ3) is 3.73. The number of nitrogens with one attached hydrogen (secondary N) is 1. The highest BCUT2D eigenvalue weighted by Gasteiger charge is 2.18. The highest BCUT2D eigenvalue weighted by atomic mass is 79.9. The van der Waals surface area contributed by atoms with Crippen molar-refractivity contribution in [2.24, 2.45) is 0 Å². The molecule has 0 radical (unpaired) electrons. The van der Waals surface area contributed by atoms with Crippen molar-refractivity contribution in [3.05, 3.63) is 71.2 Å². The van der Waals surface area contributed by atoms with Crippen molar-refractivity contribution in [1.29, 1.82) is 0 Å². The predicted molar refractivity (Wildman–Crippen MR) is 106 cm³/mol. The SMILES string of the molecule is C[C@@H](Sc1ncc(-c2ccc(Br)cc2)[nH]1)c1nnc(-c2ccccc2)o1. The molecule has 0 aliphatic carbocycles. The minimum absolute atomic E-state index is 0.0103. The fourth-order valence-corrected chi connectivity index (χ4v) is 3.53. The Hall–Kier alpha value is -2.38. The highest BCUT2D eigenvalue weighted by Crippen LogP contribution is 2.34. The summed E-state index contributed by atoms with van der Waals surface area (Å²) in [6, 6.07) is 17.9. The summed E-state index contributed by atoms with van der Waals surface area (Å²) in [5.41, 5.74) is 2.98. The van der Waals surface area contributed by atoms with Gasteiger partial charge in [-0.3, -0.25) is 0 Å². The molecule has 0 amide bonds. The van der Waals surface area contributed by atoms with E-state index in [0.29, 0.717) is 11.8 Å². The molecule has 0 aliphatic rings. The van der Waals surface area contributed by atoms with E-state index in [1.807, 2.05) is 67.7 Å². The van der Waals surface area contributed by atoms with Gasteiger partial charge in [-0.05, 0) is 36.8 Å². The van der Waals surface area contributed by atoms with E-state index in [9.17, 15) is 0 Å². The molecule has 2 aromatic carbocycles. The number of rotatable bonds is 5. The van der Waals surface area contributed by atoms with Gasteiger partial charge in [0.15, 0.2) is 5.16 Å². The second-order valence-corrected chi connectivity index (χ2v) is 7.93. The van der Waals surface area contributed by atoms with Crippen LogP contribution in [0.25, 0.3) is 22.7 Å². The van der Waals surface area contributed by atoms with Gasteiger partial charge in [-0.2, -0.15) is 0 Å². The first-order valence-electron chi connectivity index (χ1n) is 8.05. The van der Waals surface area contributed by atoms with Gasteiger partial charge in [-0.1, -0.05) is 58.0 Å². The number of hydrogen-bond donors (Lipinski definition) is 1. The molecule has 1 atom stereocenters. The zero-order valence-electron chi connectivity index (χ0n) is 13.9. The molecule has 0 spiro atoms. The molecule has 0 fully saturated rings. The normalized spacial score (nSPS) is 12.2. The number of imidazole rings is 1. The van der Waals surface area contributed by atoms with Crippen LogP contribution in [0.5, 0.6) is 0 Å². The second-order valence-electron chi connectivity index (χ2n) is 5.68. The summed E-state index contributed by atoms with van der Waals surface area (Å²) in [5, 5.41) is 9.13. The smallest absolute Gasteiger partial charge is 0.247 e. The summed E-state index contributed by atoms with van der Waals surface area (Å²) >= 11 is 5.00. The number of benzene rings is 2. The van der Waals surface area contributed by atoms with Crippen molar-refractivity contribution < 1.29 is 4.42 Å². The average Bonchev–Trinajstić information content (AvgIpc) is 3.33. The summed E-state index contributed by atoms with van der Waals surface area (Å²) in [5.74, 6) is 1.11. The van der Waals surface area contributed by atoms with Crippen LogP contribution in [-0.4, -0.2) is 20.2 Å². The van der Waals surface area contributed by atoms with Crippen LogP contribution in [0.15, 0.2) is 74.8 Å². The van der Waals surface area contributed by atoms with Crippen molar-refractivity contribution in [1.82, 2.24) is 20.2 Å². The fraction of sp³-hybridized carbons (Fsp3) is 0.105. The van der Waals surface area contributed by atoms with Crippen molar-refractivity contribution in [2.45, 2.75) is 17.3 Å². The maximum atomic E-state index is 5.82. The molecule has 7 heteroatoms. The van der Waals surface area contributed by atoms with Crippen LogP contribution in [0.4, 0.5) is 0 Å². The zero-order chi connectivity index (χ0) is 17.9. The lowest BCUT2D eigenvalue weighted by Gasteiger charge is -2.03. The molecular formula is C19H15BrN4OS. The van der Waals surface area contributed by atoms with Gasteiger partial charge < -0.3 is 9.40 Å². The molecule has 5 nitrogen and oxygen atoms in total. The van der Waals surface area contributed by atoms with Crippen LogP contribution in [0, 0.1) is 0 Å². The van der Waals surface area contributed by atoms with Crippen LogP contribution < -0.4 is 0 Å². The largest absolute Gasteiger partial charge is 0.419 e. The average molecular weight is 427 g/mol. The Morgan fingerprint density at radius 3 is 2.54 bits per heavy atom. The summed E-state index contributed by atoms with van der Waals surface area (Å²) in [7, 11) is 0. The molecule has 26 heavy (non-hydrogen) atoms. The monoisotopic (exact) mass is 426 g/mol. The maximum absolute atomic E-state index is 5.82. The molecule has 2 aromatic heterocycles. The molecule has 0 saturated carbocycles. The van der Waals surface area contributed by atoms with Crippen LogP contribution in [0.2, 0.25) is 0 Å².